The van der Waals surface area contributed by atoms with Gasteiger partial charge in [-0.15, -0.1) is 0 Å². The number of benzene rings is 6. The average Bonchev–Trinajstić information content (AvgIpc) is 3.09. The third kappa shape index (κ3) is 5.41. The van der Waals surface area contributed by atoms with E-state index in [1.165, 1.54) is 55.6 Å². The minimum absolute atomic E-state index is 0.980. The molecule has 0 saturated carbocycles. The first kappa shape index (κ1) is 25.4. The van der Waals surface area contributed by atoms with Gasteiger partial charge in [0, 0.05) is 11.8 Å². The lowest BCUT2D eigenvalue weighted by Gasteiger charge is -2.13. The van der Waals surface area contributed by atoms with Crippen molar-refractivity contribution in [2.45, 2.75) is 0 Å². The topological polar surface area (TPSA) is 12.9 Å². The maximum atomic E-state index is 4.55. The monoisotopic (exact) mass is 535 g/mol. The van der Waals surface area contributed by atoms with Crippen molar-refractivity contribution in [2.24, 2.45) is 0 Å². The van der Waals surface area contributed by atoms with Crippen LogP contribution in [0.2, 0.25) is 0 Å². The standard InChI is InChI=1S/C41H29N/c1-3-12-30(13-4-1)32-16-9-19-35(24-32)39-27-38(31-14-5-2-6-15-31)28-40(29-39)36-20-10-17-33(25-36)34-18-11-21-37(26-34)41-22-7-8-23-42-41/h1-29H. The molecule has 0 saturated heterocycles. The summed E-state index contributed by atoms with van der Waals surface area (Å²) in [6, 6.07) is 60.5. The second-order valence-electron chi connectivity index (χ2n) is 10.5. The van der Waals surface area contributed by atoms with Crippen LogP contribution in [0.1, 0.15) is 0 Å². The predicted molar refractivity (Wildman–Crippen MR) is 177 cm³/mol. The zero-order valence-electron chi connectivity index (χ0n) is 23.2. The van der Waals surface area contributed by atoms with E-state index in [1.807, 2.05) is 18.3 Å². The highest BCUT2D eigenvalue weighted by molar-refractivity contribution is 5.84. The highest BCUT2D eigenvalue weighted by Crippen LogP contribution is 2.36. The molecule has 0 N–H and O–H groups in total. The summed E-state index contributed by atoms with van der Waals surface area (Å²) >= 11 is 0. The van der Waals surface area contributed by atoms with Gasteiger partial charge >= 0.3 is 0 Å². The van der Waals surface area contributed by atoms with Crippen LogP contribution < -0.4 is 0 Å². The molecule has 42 heavy (non-hydrogen) atoms. The van der Waals surface area contributed by atoms with E-state index in [9.17, 15) is 0 Å². The largest absolute Gasteiger partial charge is 0.256 e. The summed E-state index contributed by atoms with van der Waals surface area (Å²) in [6.07, 6.45) is 1.84. The van der Waals surface area contributed by atoms with Crippen molar-refractivity contribution in [1.29, 1.82) is 0 Å². The lowest BCUT2D eigenvalue weighted by molar-refractivity contribution is 1.33. The van der Waals surface area contributed by atoms with Gasteiger partial charge in [0.15, 0.2) is 0 Å². The van der Waals surface area contributed by atoms with E-state index in [-0.39, 0.29) is 0 Å². The van der Waals surface area contributed by atoms with Crippen LogP contribution >= 0.6 is 0 Å². The van der Waals surface area contributed by atoms with Crippen molar-refractivity contribution >= 4 is 0 Å². The van der Waals surface area contributed by atoms with Gasteiger partial charge in [-0.2, -0.15) is 0 Å². The normalized spacial score (nSPS) is 10.9. The highest BCUT2D eigenvalue weighted by atomic mass is 14.7. The Morgan fingerprint density at radius 3 is 1.07 bits per heavy atom. The highest BCUT2D eigenvalue weighted by Gasteiger charge is 2.10. The molecule has 7 aromatic rings. The molecule has 0 fully saturated rings. The van der Waals surface area contributed by atoms with E-state index in [0.717, 1.165) is 11.3 Å². The van der Waals surface area contributed by atoms with Crippen LogP contribution in [0.15, 0.2) is 176 Å². The van der Waals surface area contributed by atoms with Gasteiger partial charge in [0.1, 0.15) is 0 Å². The molecule has 1 heterocycles. The maximum Gasteiger partial charge on any atom is 0.0702 e. The van der Waals surface area contributed by atoms with Gasteiger partial charge in [0.2, 0.25) is 0 Å². The zero-order valence-corrected chi connectivity index (χ0v) is 23.2. The number of pyridine rings is 1. The summed E-state index contributed by atoms with van der Waals surface area (Å²) in [4.78, 5) is 4.55. The molecular weight excluding hydrogens is 506 g/mol. The number of hydrogen-bond acceptors (Lipinski definition) is 1. The summed E-state index contributed by atoms with van der Waals surface area (Å²) in [5.41, 5.74) is 14.1. The van der Waals surface area contributed by atoms with Crippen molar-refractivity contribution < 1.29 is 0 Å². The Kier molecular flexibility index (Phi) is 6.98. The third-order valence-electron chi connectivity index (χ3n) is 7.70. The van der Waals surface area contributed by atoms with Gasteiger partial charge in [-0.05, 0) is 104 Å². The summed E-state index contributed by atoms with van der Waals surface area (Å²) in [5.74, 6) is 0. The Morgan fingerprint density at radius 1 is 0.238 bits per heavy atom. The molecule has 6 aromatic carbocycles. The van der Waals surface area contributed by atoms with E-state index in [0.29, 0.717) is 0 Å². The second-order valence-corrected chi connectivity index (χ2v) is 10.5. The van der Waals surface area contributed by atoms with Crippen LogP contribution in [0.5, 0.6) is 0 Å². The van der Waals surface area contributed by atoms with Crippen LogP contribution in [0, 0.1) is 0 Å². The Morgan fingerprint density at radius 2 is 0.571 bits per heavy atom. The van der Waals surface area contributed by atoms with Crippen molar-refractivity contribution in [3.8, 4) is 66.9 Å². The molecule has 0 radical (unpaired) electrons. The molecule has 0 unspecified atom stereocenters. The van der Waals surface area contributed by atoms with E-state index < -0.39 is 0 Å². The first-order valence-electron chi connectivity index (χ1n) is 14.3. The summed E-state index contributed by atoms with van der Waals surface area (Å²) < 4.78 is 0. The van der Waals surface area contributed by atoms with Gasteiger partial charge in [0.25, 0.3) is 0 Å². The number of nitrogens with zero attached hydrogens (tertiary/aromatic N) is 1. The van der Waals surface area contributed by atoms with E-state index >= 15 is 0 Å². The predicted octanol–water partition coefficient (Wildman–Crippen LogP) is 11.1. The second kappa shape index (κ2) is 11.5. The quantitative estimate of drug-likeness (QED) is 0.206. The lowest BCUT2D eigenvalue weighted by Crippen LogP contribution is -1.88. The first-order chi connectivity index (χ1) is 20.8. The lowest BCUT2D eigenvalue weighted by atomic mass is 9.91. The Hall–Kier alpha value is -5.53. The van der Waals surface area contributed by atoms with Crippen molar-refractivity contribution in [1.82, 2.24) is 4.98 Å². The fraction of sp³-hybridized carbons (Fsp3) is 0. The Bertz CT molecular complexity index is 1960. The SMILES string of the molecule is c1ccc(-c2cccc(-c3cc(-c4ccccc4)cc(-c4cccc(-c5cccc(-c6ccccn6)c5)c4)c3)c2)cc1. The first-order valence-corrected chi connectivity index (χ1v) is 14.3. The third-order valence-corrected chi connectivity index (χ3v) is 7.70. The van der Waals surface area contributed by atoms with Crippen molar-refractivity contribution in [2.75, 3.05) is 0 Å². The van der Waals surface area contributed by atoms with Gasteiger partial charge in [0.05, 0.1) is 5.69 Å². The van der Waals surface area contributed by atoms with E-state index in [4.69, 9.17) is 0 Å². The van der Waals surface area contributed by atoms with Crippen molar-refractivity contribution in [3.63, 3.8) is 0 Å². The Labute approximate surface area is 247 Å². The fourth-order valence-corrected chi connectivity index (χ4v) is 5.54. The molecule has 1 nitrogen and oxygen atoms in total. The maximum absolute atomic E-state index is 4.55. The van der Waals surface area contributed by atoms with Gasteiger partial charge in [-0.1, -0.05) is 121 Å². The molecule has 0 aliphatic heterocycles. The average molecular weight is 536 g/mol. The number of rotatable bonds is 6. The minimum Gasteiger partial charge on any atom is -0.256 e. The molecular formula is C41H29N. The summed E-state index contributed by atoms with van der Waals surface area (Å²) in [7, 11) is 0. The minimum atomic E-state index is 0.980. The van der Waals surface area contributed by atoms with E-state index in [2.05, 4.69) is 163 Å². The fourth-order valence-electron chi connectivity index (χ4n) is 5.54. The molecule has 1 heteroatoms. The van der Waals surface area contributed by atoms with Crippen LogP contribution in [0.25, 0.3) is 66.9 Å². The molecule has 7 rings (SSSR count). The molecule has 0 aliphatic rings. The number of hydrogen-bond donors (Lipinski definition) is 0. The van der Waals surface area contributed by atoms with Crippen LogP contribution in [0.4, 0.5) is 0 Å². The molecule has 0 atom stereocenters. The van der Waals surface area contributed by atoms with Crippen LogP contribution in [-0.4, -0.2) is 4.98 Å². The van der Waals surface area contributed by atoms with Crippen molar-refractivity contribution in [3.05, 3.63) is 176 Å². The van der Waals surface area contributed by atoms with Gasteiger partial charge in [-0.25, -0.2) is 0 Å². The molecule has 0 spiro atoms. The zero-order chi connectivity index (χ0) is 28.1. The summed E-state index contributed by atoms with van der Waals surface area (Å²) in [6.45, 7) is 0. The molecule has 198 valence electrons. The smallest absolute Gasteiger partial charge is 0.0702 e. The number of aromatic nitrogens is 1. The molecule has 0 bridgehead atoms. The van der Waals surface area contributed by atoms with Gasteiger partial charge in [-0.3, -0.25) is 4.98 Å². The van der Waals surface area contributed by atoms with Gasteiger partial charge < -0.3 is 0 Å². The molecule has 1 aromatic heterocycles. The summed E-state index contributed by atoms with van der Waals surface area (Å²) in [5, 5.41) is 0. The van der Waals surface area contributed by atoms with Crippen LogP contribution in [-0.2, 0) is 0 Å². The Balaban J connectivity index is 1.33. The van der Waals surface area contributed by atoms with Crippen LogP contribution in [0.3, 0.4) is 0 Å². The molecule has 0 amide bonds. The van der Waals surface area contributed by atoms with E-state index in [1.54, 1.807) is 0 Å². The molecule has 0 aliphatic carbocycles.